The first-order valence-corrected chi connectivity index (χ1v) is 3.63. The van der Waals surface area contributed by atoms with Crippen molar-refractivity contribution in [3.05, 3.63) is 0 Å². The number of aliphatic carboxylic acids is 1. The molecule has 5 nitrogen and oxygen atoms in total. The van der Waals surface area contributed by atoms with Crippen LogP contribution in [-0.2, 0) is 14.3 Å². The zero-order valence-corrected chi connectivity index (χ0v) is 6.95. The Kier molecular flexibility index (Phi) is 6.00. The van der Waals surface area contributed by atoms with Crippen molar-refractivity contribution in [1.29, 1.82) is 0 Å². The van der Waals surface area contributed by atoms with Crippen molar-refractivity contribution in [1.82, 2.24) is 5.32 Å². The number of nitrogens with one attached hydrogen (secondary N) is 1. The van der Waals surface area contributed by atoms with Crippen LogP contribution in [-0.4, -0.2) is 37.2 Å². The molecule has 0 saturated heterocycles. The number of rotatable bonds is 7. The second kappa shape index (κ2) is 6.60. The smallest absolute Gasteiger partial charge is 0.326 e. The Bertz CT molecular complexity index is 148. The van der Waals surface area contributed by atoms with E-state index in [-0.39, 0.29) is 0 Å². The number of carbonyl (C=O) groups excluding carboxylic acids is 1. The molecule has 70 valence electrons. The quantitative estimate of drug-likeness (QED) is 0.408. The van der Waals surface area contributed by atoms with Crippen LogP contribution < -0.4 is 5.32 Å². The fourth-order valence-corrected chi connectivity index (χ4v) is 0.792. The van der Waals surface area contributed by atoms with E-state index in [4.69, 9.17) is 9.84 Å². The lowest BCUT2D eigenvalue weighted by Crippen LogP contribution is -2.35. The van der Waals surface area contributed by atoms with Crippen molar-refractivity contribution < 1.29 is 19.4 Å². The Labute approximate surface area is 70.7 Å². The van der Waals surface area contributed by atoms with Crippen molar-refractivity contribution in [2.75, 3.05) is 13.7 Å². The fourth-order valence-electron chi connectivity index (χ4n) is 0.792. The Morgan fingerprint density at radius 1 is 1.75 bits per heavy atom. The van der Waals surface area contributed by atoms with E-state index in [1.807, 2.05) is 0 Å². The Balaban J connectivity index is 3.63. The van der Waals surface area contributed by atoms with Gasteiger partial charge in [-0.25, -0.2) is 4.79 Å². The first kappa shape index (κ1) is 10.9. The maximum atomic E-state index is 10.4. The maximum absolute atomic E-state index is 10.4. The molecular formula is C7H13NO4. The zero-order chi connectivity index (χ0) is 9.40. The summed E-state index contributed by atoms with van der Waals surface area (Å²) in [5.74, 6) is -1.02. The second-order valence-corrected chi connectivity index (χ2v) is 2.31. The molecule has 0 radical (unpaired) electrons. The van der Waals surface area contributed by atoms with Gasteiger partial charge in [-0.3, -0.25) is 4.79 Å². The summed E-state index contributed by atoms with van der Waals surface area (Å²) < 4.78 is 4.74. The molecule has 12 heavy (non-hydrogen) atoms. The van der Waals surface area contributed by atoms with E-state index in [1.54, 1.807) is 7.11 Å². The first-order chi connectivity index (χ1) is 5.72. The van der Waals surface area contributed by atoms with Gasteiger partial charge in [0.25, 0.3) is 0 Å². The van der Waals surface area contributed by atoms with E-state index in [2.05, 4.69) is 5.32 Å². The van der Waals surface area contributed by atoms with Crippen LogP contribution in [0.5, 0.6) is 0 Å². The van der Waals surface area contributed by atoms with Gasteiger partial charge in [0.05, 0.1) is 0 Å². The Morgan fingerprint density at radius 3 is 2.83 bits per heavy atom. The van der Waals surface area contributed by atoms with E-state index in [0.29, 0.717) is 25.9 Å². The minimum atomic E-state index is -1.02. The molecule has 0 spiro atoms. The normalized spacial score (nSPS) is 12.1. The highest BCUT2D eigenvalue weighted by molar-refractivity contribution is 5.76. The highest BCUT2D eigenvalue weighted by Gasteiger charge is 2.14. The van der Waals surface area contributed by atoms with Crippen LogP contribution >= 0.6 is 0 Å². The number of methoxy groups -OCH3 is 1. The van der Waals surface area contributed by atoms with Gasteiger partial charge in [0.15, 0.2) is 0 Å². The summed E-state index contributed by atoms with van der Waals surface area (Å²) in [6.45, 7) is 0.504. The molecule has 1 unspecified atom stereocenters. The summed E-state index contributed by atoms with van der Waals surface area (Å²) in [6, 6.07) is -0.794. The standard InChI is InChI=1S/C7H13NO4/c1-12-4-2-3-6(7(10)11)8-5-9/h5-6H,2-4H2,1H3,(H,8,9)(H,10,11). The van der Waals surface area contributed by atoms with E-state index in [1.165, 1.54) is 0 Å². The van der Waals surface area contributed by atoms with E-state index in [0.717, 1.165) is 0 Å². The van der Waals surface area contributed by atoms with E-state index < -0.39 is 12.0 Å². The number of amides is 1. The monoisotopic (exact) mass is 175 g/mol. The molecule has 1 atom stereocenters. The molecule has 0 aromatic carbocycles. The summed E-state index contributed by atoms with van der Waals surface area (Å²) in [6.07, 6.45) is 1.40. The van der Waals surface area contributed by atoms with Crippen molar-refractivity contribution in [2.45, 2.75) is 18.9 Å². The van der Waals surface area contributed by atoms with E-state index in [9.17, 15) is 9.59 Å². The maximum Gasteiger partial charge on any atom is 0.326 e. The summed E-state index contributed by atoms with van der Waals surface area (Å²) >= 11 is 0. The van der Waals surface area contributed by atoms with Gasteiger partial charge < -0.3 is 15.2 Å². The van der Waals surface area contributed by atoms with Gasteiger partial charge in [0.2, 0.25) is 6.41 Å². The largest absolute Gasteiger partial charge is 0.480 e. The number of carbonyl (C=O) groups is 2. The third-order valence-corrected chi connectivity index (χ3v) is 1.41. The number of carboxylic acids is 1. The molecule has 0 bridgehead atoms. The predicted octanol–water partition coefficient (Wildman–Crippen LogP) is -0.388. The summed E-state index contributed by atoms with van der Waals surface area (Å²) in [5, 5.41) is 10.7. The van der Waals surface area contributed by atoms with Gasteiger partial charge >= 0.3 is 5.97 Å². The molecule has 0 aliphatic carbocycles. The minimum absolute atomic E-state index is 0.391. The van der Waals surface area contributed by atoms with Crippen molar-refractivity contribution in [3.63, 3.8) is 0 Å². The highest BCUT2D eigenvalue weighted by atomic mass is 16.5. The van der Waals surface area contributed by atoms with Gasteiger partial charge in [-0.15, -0.1) is 0 Å². The summed E-state index contributed by atoms with van der Waals surface area (Å²) in [4.78, 5) is 20.4. The van der Waals surface area contributed by atoms with Gasteiger partial charge in [-0.05, 0) is 12.8 Å². The fraction of sp³-hybridized carbons (Fsp3) is 0.714. The van der Waals surface area contributed by atoms with Gasteiger partial charge in [-0.1, -0.05) is 0 Å². The first-order valence-electron chi connectivity index (χ1n) is 3.63. The third kappa shape index (κ3) is 4.68. The molecule has 0 aliphatic rings. The average Bonchev–Trinajstić information content (AvgIpc) is 2.03. The third-order valence-electron chi connectivity index (χ3n) is 1.41. The molecule has 0 saturated carbocycles. The van der Waals surface area contributed by atoms with Crippen molar-refractivity contribution >= 4 is 12.4 Å². The summed E-state index contributed by atoms with van der Waals surface area (Å²) in [5.41, 5.74) is 0. The lowest BCUT2D eigenvalue weighted by Gasteiger charge is -2.09. The van der Waals surface area contributed by atoms with E-state index >= 15 is 0 Å². The Hall–Kier alpha value is -1.10. The van der Waals surface area contributed by atoms with Crippen LogP contribution in [0.15, 0.2) is 0 Å². The lowest BCUT2D eigenvalue weighted by molar-refractivity contribution is -0.140. The molecule has 0 aromatic heterocycles. The van der Waals surface area contributed by atoms with Crippen LogP contribution in [0.2, 0.25) is 0 Å². The molecular weight excluding hydrogens is 162 g/mol. The topological polar surface area (TPSA) is 75.6 Å². The predicted molar refractivity (Wildman–Crippen MR) is 41.7 cm³/mol. The highest BCUT2D eigenvalue weighted by Crippen LogP contribution is 1.96. The molecule has 2 N–H and O–H groups in total. The van der Waals surface area contributed by atoms with Crippen LogP contribution in [0.1, 0.15) is 12.8 Å². The number of hydrogen-bond donors (Lipinski definition) is 2. The molecule has 0 fully saturated rings. The van der Waals surface area contributed by atoms with Crippen LogP contribution in [0.25, 0.3) is 0 Å². The van der Waals surface area contributed by atoms with Crippen LogP contribution in [0.4, 0.5) is 0 Å². The number of ether oxygens (including phenoxy) is 1. The lowest BCUT2D eigenvalue weighted by atomic mass is 10.2. The number of carboxylic acid groups (broad SMARTS) is 1. The molecule has 5 heteroatoms. The second-order valence-electron chi connectivity index (χ2n) is 2.31. The molecule has 0 heterocycles. The van der Waals surface area contributed by atoms with Crippen LogP contribution in [0, 0.1) is 0 Å². The van der Waals surface area contributed by atoms with Gasteiger partial charge in [0, 0.05) is 13.7 Å². The molecule has 0 aromatic rings. The van der Waals surface area contributed by atoms with Crippen molar-refractivity contribution in [3.8, 4) is 0 Å². The number of hydrogen-bond acceptors (Lipinski definition) is 3. The molecule has 0 aliphatic heterocycles. The molecule has 0 rings (SSSR count). The van der Waals surface area contributed by atoms with Gasteiger partial charge in [-0.2, -0.15) is 0 Å². The minimum Gasteiger partial charge on any atom is -0.480 e. The zero-order valence-electron chi connectivity index (χ0n) is 6.95. The Morgan fingerprint density at radius 2 is 2.42 bits per heavy atom. The summed E-state index contributed by atoms with van der Waals surface area (Å²) in [7, 11) is 1.54. The van der Waals surface area contributed by atoms with Crippen molar-refractivity contribution in [2.24, 2.45) is 0 Å². The van der Waals surface area contributed by atoms with Gasteiger partial charge in [0.1, 0.15) is 6.04 Å². The SMILES string of the molecule is COCCCC(NC=O)C(=O)O. The molecule has 1 amide bonds. The average molecular weight is 175 g/mol. The van der Waals surface area contributed by atoms with Crippen LogP contribution in [0.3, 0.4) is 0 Å².